The lowest BCUT2D eigenvalue weighted by Crippen LogP contribution is -2.30. The van der Waals surface area contributed by atoms with Crippen molar-refractivity contribution in [2.75, 3.05) is 39.6 Å². The molecule has 0 saturated carbocycles. The second-order valence-corrected chi connectivity index (χ2v) is 28.9. The molecule has 0 aromatic heterocycles. The lowest BCUT2D eigenvalue weighted by molar-refractivity contribution is -0.161. The number of carbonyl (C=O) groups excluding carboxylic acids is 4. The Kier molecular flexibility index (Phi) is 60.8. The second-order valence-electron chi connectivity index (χ2n) is 26.0. The number of hydrogen-bond acceptors (Lipinski definition) is 15. The third kappa shape index (κ3) is 63.2. The molecule has 0 aliphatic carbocycles. The molecule has 0 bridgehead atoms. The zero-order valence-electron chi connectivity index (χ0n) is 57.7. The predicted molar refractivity (Wildman–Crippen MR) is 358 cm³/mol. The van der Waals surface area contributed by atoms with E-state index in [-0.39, 0.29) is 25.7 Å². The quantitative estimate of drug-likeness (QED) is 0.0222. The fourth-order valence-electron chi connectivity index (χ4n) is 10.6. The number of aliphatic hydroxyl groups excluding tert-OH is 1. The Balaban J connectivity index is 5.09. The number of phosphoric ester groups is 2. The summed E-state index contributed by atoms with van der Waals surface area (Å²) in [7, 11) is -9.89. The van der Waals surface area contributed by atoms with E-state index in [0.717, 1.165) is 108 Å². The van der Waals surface area contributed by atoms with Crippen molar-refractivity contribution in [3.63, 3.8) is 0 Å². The largest absolute Gasteiger partial charge is 0.472 e. The molecular weight excluding hydrogens is 1170 g/mol. The van der Waals surface area contributed by atoms with Crippen LogP contribution in [-0.4, -0.2) is 96.7 Å². The van der Waals surface area contributed by atoms with E-state index in [1.807, 2.05) is 0 Å². The zero-order chi connectivity index (χ0) is 65.7. The first-order valence-corrected chi connectivity index (χ1v) is 39.5. The summed E-state index contributed by atoms with van der Waals surface area (Å²) in [5, 5.41) is 10.5. The highest BCUT2D eigenvalue weighted by Crippen LogP contribution is 2.45. The molecule has 0 heterocycles. The highest BCUT2D eigenvalue weighted by atomic mass is 31.2. The summed E-state index contributed by atoms with van der Waals surface area (Å²) < 4.78 is 68.0. The number of ether oxygens (including phenoxy) is 4. The highest BCUT2D eigenvalue weighted by molar-refractivity contribution is 7.47. The third-order valence-electron chi connectivity index (χ3n) is 16.6. The molecule has 0 radical (unpaired) electrons. The first kappa shape index (κ1) is 87.1. The van der Waals surface area contributed by atoms with Crippen LogP contribution in [0, 0.1) is 11.8 Å². The number of rotatable bonds is 69. The van der Waals surface area contributed by atoms with Gasteiger partial charge >= 0.3 is 39.5 Å². The summed E-state index contributed by atoms with van der Waals surface area (Å²) in [6.45, 7) is 9.38. The van der Waals surface area contributed by atoms with Gasteiger partial charge in [0.1, 0.15) is 19.3 Å². The minimum absolute atomic E-state index is 0.102. The average molecular weight is 1310 g/mol. The lowest BCUT2D eigenvalue weighted by Gasteiger charge is -2.21. The van der Waals surface area contributed by atoms with Crippen LogP contribution in [0.2, 0.25) is 0 Å². The van der Waals surface area contributed by atoms with Gasteiger partial charge in [0, 0.05) is 25.7 Å². The van der Waals surface area contributed by atoms with Crippen LogP contribution in [-0.2, 0) is 65.4 Å². The van der Waals surface area contributed by atoms with E-state index < -0.39 is 97.5 Å². The Labute approximate surface area is 543 Å². The maximum Gasteiger partial charge on any atom is 0.472 e. The van der Waals surface area contributed by atoms with Crippen molar-refractivity contribution in [3.8, 4) is 0 Å². The van der Waals surface area contributed by atoms with Crippen molar-refractivity contribution in [2.24, 2.45) is 11.8 Å². The van der Waals surface area contributed by atoms with Crippen molar-refractivity contribution in [1.82, 2.24) is 0 Å². The smallest absolute Gasteiger partial charge is 0.462 e. The standard InChI is InChI=1S/C70H136O17P2/c1-7-10-12-14-15-16-17-18-19-20-21-22-23-24-25-26-27-28-31-35-42-48-54-69(74)86-66(59-81-68(73)53-47-41-34-32-29-30-33-39-44-50-62(4)5)61-85-89(78,79)83-57-64(71)56-82-88(76,77)84-60-65(58-80-67(72)52-46-38-13-11-8-2)87-70(75)55-49-43-37-36-40-45-51-63(6)9-3/h62-66,71H,7-61H2,1-6H3,(H,76,77)(H,78,79)/t63?,64-,65+,66+/m0/s1. The van der Waals surface area contributed by atoms with E-state index in [1.54, 1.807) is 0 Å². The van der Waals surface area contributed by atoms with E-state index in [4.69, 9.17) is 37.0 Å². The van der Waals surface area contributed by atoms with Crippen LogP contribution in [0.25, 0.3) is 0 Å². The van der Waals surface area contributed by atoms with Crippen LogP contribution >= 0.6 is 15.6 Å². The minimum Gasteiger partial charge on any atom is -0.462 e. The van der Waals surface area contributed by atoms with Gasteiger partial charge in [-0.25, -0.2) is 9.13 Å². The van der Waals surface area contributed by atoms with Gasteiger partial charge in [-0.1, -0.05) is 305 Å². The Morgan fingerprint density at radius 2 is 0.573 bits per heavy atom. The van der Waals surface area contributed by atoms with Crippen LogP contribution in [0.3, 0.4) is 0 Å². The van der Waals surface area contributed by atoms with Gasteiger partial charge in [0.2, 0.25) is 0 Å². The first-order valence-electron chi connectivity index (χ1n) is 36.5. The highest BCUT2D eigenvalue weighted by Gasteiger charge is 2.30. The zero-order valence-corrected chi connectivity index (χ0v) is 59.5. The lowest BCUT2D eigenvalue weighted by atomic mass is 10.00. The molecule has 528 valence electrons. The third-order valence-corrected chi connectivity index (χ3v) is 18.5. The molecule has 3 N–H and O–H groups in total. The number of hydrogen-bond donors (Lipinski definition) is 3. The summed E-state index contributed by atoms with van der Waals surface area (Å²) in [5.41, 5.74) is 0. The second kappa shape index (κ2) is 62.2. The summed E-state index contributed by atoms with van der Waals surface area (Å²) in [6, 6.07) is 0. The van der Waals surface area contributed by atoms with Gasteiger partial charge in [0.05, 0.1) is 26.4 Å². The van der Waals surface area contributed by atoms with Gasteiger partial charge in [-0.2, -0.15) is 0 Å². The van der Waals surface area contributed by atoms with E-state index in [2.05, 4.69) is 41.5 Å². The van der Waals surface area contributed by atoms with Crippen molar-refractivity contribution in [3.05, 3.63) is 0 Å². The molecule has 0 rings (SSSR count). The van der Waals surface area contributed by atoms with Gasteiger partial charge < -0.3 is 33.8 Å². The molecule has 89 heavy (non-hydrogen) atoms. The molecule has 0 fully saturated rings. The molecule has 0 saturated heterocycles. The SMILES string of the molecule is CCCCCCCCCCCCCCCCCCCCCCCCC(=O)O[C@H](COC(=O)CCCCCCCCCCCC(C)C)COP(=O)(O)OC[C@@H](O)COP(=O)(O)OC[C@@H](COC(=O)CCCCCCC)OC(=O)CCCCCCCCC(C)CC. The molecule has 3 unspecified atom stereocenters. The van der Waals surface area contributed by atoms with E-state index >= 15 is 0 Å². The first-order chi connectivity index (χ1) is 42.9. The maximum atomic E-state index is 13.0. The molecule has 17 nitrogen and oxygen atoms in total. The van der Waals surface area contributed by atoms with Crippen LogP contribution in [0.4, 0.5) is 0 Å². The van der Waals surface area contributed by atoms with E-state index in [0.29, 0.717) is 25.7 Å². The molecule has 19 heteroatoms. The average Bonchev–Trinajstić information content (AvgIpc) is 3.65. The van der Waals surface area contributed by atoms with Gasteiger partial charge in [0.25, 0.3) is 0 Å². The van der Waals surface area contributed by atoms with Crippen molar-refractivity contribution in [2.45, 2.75) is 374 Å². The fraction of sp³-hybridized carbons (Fsp3) is 0.943. The number of esters is 4. The fourth-order valence-corrected chi connectivity index (χ4v) is 12.1. The summed E-state index contributed by atoms with van der Waals surface area (Å²) in [6.07, 6.45) is 47.9. The Morgan fingerprint density at radius 1 is 0.326 bits per heavy atom. The van der Waals surface area contributed by atoms with E-state index in [9.17, 15) is 43.2 Å². The van der Waals surface area contributed by atoms with Crippen LogP contribution in [0.5, 0.6) is 0 Å². The van der Waals surface area contributed by atoms with Gasteiger partial charge in [0.15, 0.2) is 12.2 Å². The Bertz CT molecular complexity index is 1740. The van der Waals surface area contributed by atoms with Crippen molar-refractivity contribution in [1.29, 1.82) is 0 Å². The number of unbranched alkanes of at least 4 members (excludes halogenated alkanes) is 38. The van der Waals surface area contributed by atoms with Gasteiger partial charge in [-0.3, -0.25) is 37.3 Å². The van der Waals surface area contributed by atoms with Crippen LogP contribution < -0.4 is 0 Å². The van der Waals surface area contributed by atoms with Gasteiger partial charge in [-0.05, 0) is 37.5 Å². The van der Waals surface area contributed by atoms with Gasteiger partial charge in [-0.15, -0.1) is 0 Å². The maximum absolute atomic E-state index is 13.0. The Hall–Kier alpha value is -1.94. The number of carbonyl (C=O) groups is 4. The van der Waals surface area contributed by atoms with Crippen molar-refractivity contribution >= 4 is 39.5 Å². The number of phosphoric acid groups is 2. The Morgan fingerprint density at radius 3 is 0.854 bits per heavy atom. The monoisotopic (exact) mass is 1310 g/mol. The van der Waals surface area contributed by atoms with Crippen LogP contribution in [0.1, 0.15) is 356 Å². The molecule has 0 aromatic rings. The summed E-state index contributed by atoms with van der Waals surface area (Å²) in [4.78, 5) is 72.2. The molecule has 0 aliphatic rings. The molecule has 6 atom stereocenters. The predicted octanol–water partition coefficient (Wildman–Crippen LogP) is 20.0. The topological polar surface area (TPSA) is 237 Å². The molecule has 0 spiro atoms. The van der Waals surface area contributed by atoms with E-state index in [1.165, 1.54) is 167 Å². The molecule has 0 amide bonds. The molecular formula is C70H136O17P2. The minimum atomic E-state index is -4.95. The number of aliphatic hydroxyl groups is 1. The summed E-state index contributed by atoms with van der Waals surface area (Å²) in [5.74, 6) is -0.677. The van der Waals surface area contributed by atoms with Crippen LogP contribution in [0.15, 0.2) is 0 Å². The molecule has 0 aromatic carbocycles. The van der Waals surface area contributed by atoms with Crippen molar-refractivity contribution < 1.29 is 80.2 Å². The molecule has 0 aliphatic heterocycles. The summed E-state index contributed by atoms with van der Waals surface area (Å²) >= 11 is 0. The normalized spacial score (nSPS) is 14.4.